The molecule has 2 aromatic rings. The second-order valence-electron chi connectivity index (χ2n) is 4.61. The van der Waals surface area contributed by atoms with E-state index < -0.39 is 0 Å². The van der Waals surface area contributed by atoms with Gasteiger partial charge in [0.15, 0.2) is 0 Å². The minimum atomic E-state index is 0.562. The van der Waals surface area contributed by atoms with Gasteiger partial charge in [-0.3, -0.25) is 0 Å². The molecule has 0 unspecified atom stereocenters. The molecule has 1 heterocycles. The molecule has 0 radical (unpaired) electrons. The Morgan fingerprint density at radius 1 is 1.11 bits per heavy atom. The van der Waals surface area contributed by atoms with Gasteiger partial charge in [-0.05, 0) is 30.5 Å². The molecule has 18 heavy (non-hydrogen) atoms. The third kappa shape index (κ3) is 2.27. The number of para-hydroxylation sites is 1. The fraction of sp³-hybridized carbons (Fsp3) is 0.286. The van der Waals surface area contributed by atoms with Gasteiger partial charge in [0.2, 0.25) is 5.95 Å². The van der Waals surface area contributed by atoms with Gasteiger partial charge in [0.25, 0.3) is 0 Å². The second-order valence-corrected chi connectivity index (χ2v) is 4.61. The summed E-state index contributed by atoms with van der Waals surface area (Å²) >= 11 is 0. The van der Waals surface area contributed by atoms with Crippen molar-refractivity contribution in [2.24, 2.45) is 0 Å². The van der Waals surface area contributed by atoms with Gasteiger partial charge < -0.3 is 10.6 Å². The van der Waals surface area contributed by atoms with Crippen LogP contribution in [0.1, 0.15) is 18.4 Å². The molecule has 0 bridgehead atoms. The van der Waals surface area contributed by atoms with Gasteiger partial charge in [-0.25, -0.2) is 9.97 Å². The highest BCUT2D eigenvalue weighted by Crippen LogP contribution is 2.31. The highest BCUT2D eigenvalue weighted by Gasteiger charge is 2.30. The number of anilines is 2. The number of nitrogens with two attached hydrogens (primary N) is 1. The molecule has 0 saturated heterocycles. The zero-order chi connectivity index (χ0) is 12.4. The predicted octanol–water partition coefficient (Wildman–Crippen LogP) is 2.23. The first-order valence-corrected chi connectivity index (χ1v) is 6.21. The van der Waals surface area contributed by atoms with E-state index in [4.69, 9.17) is 5.73 Å². The van der Waals surface area contributed by atoms with Gasteiger partial charge in [-0.2, -0.15) is 0 Å². The Balaban J connectivity index is 1.86. The summed E-state index contributed by atoms with van der Waals surface area (Å²) in [5.41, 5.74) is 7.97. The number of aromatic nitrogens is 2. The Morgan fingerprint density at radius 2 is 1.83 bits per heavy atom. The molecule has 1 fully saturated rings. The summed E-state index contributed by atoms with van der Waals surface area (Å²) in [5.74, 6) is 0.795. The fourth-order valence-electron chi connectivity index (χ4n) is 2.05. The van der Waals surface area contributed by atoms with E-state index in [0.717, 1.165) is 23.7 Å². The fourth-order valence-corrected chi connectivity index (χ4v) is 2.05. The molecule has 1 aromatic carbocycles. The summed E-state index contributed by atoms with van der Waals surface area (Å²) in [6.07, 6.45) is 5.99. The van der Waals surface area contributed by atoms with Crippen molar-refractivity contribution in [3.63, 3.8) is 0 Å². The number of rotatable bonds is 4. The van der Waals surface area contributed by atoms with E-state index in [-0.39, 0.29) is 0 Å². The van der Waals surface area contributed by atoms with Crippen molar-refractivity contribution in [2.75, 3.05) is 10.6 Å². The normalized spacial score (nSPS) is 14.4. The SMILES string of the molecule is Nc1ccccc1CN(c1ncccn1)C1CC1. The maximum Gasteiger partial charge on any atom is 0.225 e. The van der Waals surface area contributed by atoms with E-state index in [9.17, 15) is 0 Å². The molecule has 92 valence electrons. The van der Waals surface area contributed by atoms with Gasteiger partial charge in [-0.1, -0.05) is 18.2 Å². The molecule has 3 rings (SSSR count). The van der Waals surface area contributed by atoms with Crippen LogP contribution >= 0.6 is 0 Å². The first-order valence-electron chi connectivity index (χ1n) is 6.21. The predicted molar refractivity (Wildman–Crippen MR) is 72.1 cm³/mol. The third-order valence-corrected chi connectivity index (χ3v) is 3.19. The Kier molecular flexibility index (Phi) is 2.84. The highest BCUT2D eigenvalue weighted by molar-refractivity contribution is 5.49. The van der Waals surface area contributed by atoms with E-state index in [2.05, 4.69) is 20.9 Å². The number of hydrogen-bond acceptors (Lipinski definition) is 4. The summed E-state index contributed by atoms with van der Waals surface area (Å²) < 4.78 is 0. The van der Waals surface area contributed by atoms with Crippen LogP contribution in [0, 0.1) is 0 Å². The number of hydrogen-bond donors (Lipinski definition) is 1. The van der Waals surface area contributed by atoms with Crippen LogP contribution in [0.4, 0.5) is 11.6 Å². The lowest BCUT2D eigenvalue weighted by Crippen LogP contribution is -2.27. The van der Waals surface area contributed by atoms with E-state index >= 15 is 0 Å². The molecule has 4 nitrogen and oxygen atoms in total. The van der Waals surface area contributed by atoms with Crippen LogP contribution in [-0.2, 0) is 6.54 Å². The van der Waals surface area contributed by atoms with Crippen LogP contribution in [0.25, 0.3) is 0 Å². The Bertz CT molecular complexity index is 522. The van der Waals surface area contributed by atoms with Crippen molar-refractivity contribution < 1.29 is 0 Å². The van der Waals surface area contributed by atoms with Crippen molar-refractivity contribution in [1.29, 1.82) is 0 Å². The molecule has 2 N–H and O–H groups in total. The first-order chi connectivity index (χ1) is 8.84. The smallest absolute Gasteiger partial charge is 0.225 e. The quantitative estimate of drug-likeness (QED) is 0.833. The van der Waals surface area contributed by atoms with Crippen molar-refractivity contribution in [2.45, 2.75) is 25.4 Å². The summed E-state index contributed by atoms with van der Waals surface area (Å²) in [6, 6.07) is 10.4. The number of nitrogen functional groups attached to an aromatic ring is 1. The van der Waals surface area contributed by atoms with Crippen molar-refractivity contribution >= 4 is 11.6 Å². The summed E-state index contributed by atoms with van der Waals surface area (Å²) in [5, 5.41) is 0. The molecule has 1 aromatic heterocycles. The molecule has 1 aliphatic carbocycles. The van der Waals surface area contributed by atoms with Crippen molar-refractivity contribution in [1.82, 2.24) is 9.97 Å². The topological polar surface area (TPSA) is 55.0 Å². The molecule has 0 atom stereocenters. The molecule has 1 saturated carbocycles. The minimum Gasteiger partial charge on any atom is -0.398 e. The van der Waals surface area contributed by atoms with Crippen LogP contribution in [-0.4, -0.2) is 16.0 Å². The van der Waals surface area contributed by atoms with Crippen LogP contribution in [0.15, 0.2) is 42.7 Å². The summed E-state index contributed by atoms with van der Waals surface area (Å²) in [4.78, 5) is 10.9. The zero-order valence-electron chi connectivity index (χ0n) is 10.2. The maximum atomic E-state index is 6.00. The number of benzene rings is 1. The summed E-state index contributed by atoms with van der Waals surface area (Å²) in [6.45, 7) is 0.779. The van der Waals surface area contributed by atoms with Gasteiger partial charge in [0.1, 0.15) is 0 Å². The molecule has 0 aliphatic heterocycles. The van der Waals surface area contributed by atoms with Crippen LogP contribution in [0.2, 0.25) is 0 Å². The monoisotopic (exact) mass is 240 g/mol. The molecule has 0 spiro atoms. The van der Waals surface area contributed by atoms with Gasteiger partial charge >= 0.3 is 0 Å². The van der Waals surface area contributed by atoms with Gasteiger partial charge in [0.05, 0.1) is 0 Å². The van der Waals surface area contributed by atoms with Crippen LogP contribution in [0.3, 0.4) is 0 Å². The van der Waals surface area contributed by atoms with E-state index in [1.54, 1.807) is 12.4 Å². The van der Waals surface area contributed by atoms with Gasteiger partial charge in [-0.15, -0.1) is 0 Å². The highest BCUT2D eigenvalue weighted by atomic mass is 15.3. The molecular formula is C14H16N4. The molecule has 0 amide bonds. The van der Waals surface area contributed by atoms with Crippen LogP contribution in [0.5, 0.6) is 0 Å². The molecular weight excluding hydrogens is 224 g/mol. The average Bonchev–Trinajstić information content (AvgIpc) is 3.23. The van der Waals surface area contributed by atoms with E-state index in [1.807, 2.05) is 24.3 Å². The Morgan fingerprint density at radius 3 is 2.50 bits per heavy atom. The largest absolute Gasteiger partial charge is 0.398 e. The van der Waals surface area contributed by atoms with Crippen molar-refractivity contribution in [3.8, 4) is 0 Å². The van der Waals surface area contributed by atoms with Gasteiger partial charge in [0, 0.05) is 30.7 Å². The van der Waals surface area contributed by atoms with E-state index in [0.29, 0.717) is 6.04 Å². The Labute approximate surface area is 106 Å². The standard InChI is InChI=1S/C14H16N4/c15-13-5-2-1-4-11(13)10-18(12-6-7-12)14-16-8-3-9-17-14/h1-5,8-9,12H,6-7,10,15H2. The lowest BCUT2D eigenvalue weighted by Gasteiger charge is -2.22. The maximum absolute atomic E-state index is 6.00. The third-order valence-electron chi connectivity index (χ3n) is 3.19. The molecule has 4 heteroatoms. The molecule has 1 aliphatic rings. The average molecular weight is 240 g/mol. The van der Waals surface area contributed by atoms with Crippen molar-refractivity contribution in [3.05, 3.63) is 48.3 Å². The lowest BCUT2D eigenvalue weighted by atomic mass is 10.1. The van der Waals surface area contributed by atoms with Crippen LogP contribution < -0.4 is 10.6 Å². The minimum absolute atomic E-state index is 0.562. The number of nitrogens with zero attached hydrogens (tertiary/aromatic N) is 3. The zero-order valence-corrected chi connectivity index (χ0v) is 10.2. The Hall–Kier alpha value is -2.10. The van der Waals surface area contributed by atoms with E-state index in [1.165, 1.54) is 12.8 Å². The first kappa shape index (κ1) is 11.0. The second kappa shape index (κ2) is 4.64. The summed E-state index contributed by atoms with van der Waals surface area (Å²) in [7, 11) is 0. The lowest BCUT2D eigenvalue weighted by molar-refractivity contribution is 0.759.